The summed E-state index contributed by atoms with van der Waals surface area (Å²) in [5, 5.41) is 0. The monoisotopic (exact) mass is 182 g/mol. The third kappa shape index (κ3) is 4.79. The van der Waals surface area contributed by atoms with Gasteiger partial charge in [0, 0.05) is 0 Å². The first-order chi connectivity index (χ1) is 2.27. The molecular formula is CH2B2FI. The van der Waals surface area contributed by atoms with E-state index in [1.165, 1.54) is 6.80 Å². The fourth-order valence-electron chi connectivity index (χ4n) is 0. The Morgan fingerprint density at radius 2 is 2.20 bits per heavy atom. The number of hydrogen-bond acceptors (Lipinski definition) is 0. The average molecular weight is 182 g/mol. The van der Waals surface area contributed by atoms with E-state index in [1.807, 2.05) is 0 Å². The molecule has 0 aromatic rings. The molecule has 1 atom stereocenters. The van der Waals surface area contributed by atoms with Gasteiger partial charge in [-0.15, -0.1) is 0 Å². The Morgan fingerprint density at radius 3 is 2.20 bits per heavy atom. The Hall–Kier alpha value is 0.790. The molecule has 0 rings (SSSR count). The van der Waals surface area contributed by atoms with Crippen molar-refractivity contribution in [3.63, 3.8) is 0 Å². The molecular weight excluding hydrogens is 180 g/mol. The van der Waals surface area contributed by atoms with Crippen LogP contribution >= 0.6 is 22.6 Å². The number of alkyl halides is 2. The van der Waals surface area contributed by atoms with Crippen LogP contribution in [0.2, 0.25) is 0 Å². The zero-order valence-electron chi connectivity index (χ0n) is 2.62. The van der Waals surface area contributed by atoms with Gasteiger partial charge in [-0.05, 0) is 0 Å². The van der Waals surface area contributed by atoms with Crippen LogP contribution < -0.4 is 0 Å². The minimum atomic E-state index is -0.882. The Morgan fingerprint density at radius 1 is 2.00 bits per heavy atom. The molecule has 0 nitrogen and oxygen atoms in total. The molecule has 0 radical (unpaired) electrons. The van der Waals surface area contributed by atoms with Crippen molar-refractivity contribution in [2.45, 2.75) is 4.08 Å². The summed E-state index contributed by atoms with van der Waals surface area (Å²) in [6, 6.07) is 0. The third-order valence-corrected chi connectivity index (χ3v) is 0.687. The van der Waals surface area contributed by atoms with E-state index in [0.29, 0.717) is 0 Å². The fraction of sp³-hybridized carbons (Fsp3) is 1.00. The van der Waals surface area contributed by atoms with Gasteiger partial charge in [0.25, 0.3) is 0 Å². The molecule has 0 bridgehead atoms. The van der Waals surface area contributed by atoms with Crippen LogP contribution in [0, 0.1) is 0 Å². The van der Waals surface area contributed by atoms with Crippen LogP contribution in [0.4, 0.5) is 4.39 Å². The summed E-state index contributed by atoms with van der Waals surface area (Å²) in [6.45, 7) is 1.24. The van der Waals surface area contributed by atoms with Gasteiger partial charge in [0.1, 0.15) is 0 Å². The molecule has 5 heavy (non-hydrogen) atoms. The van der Waals surface area contributed by atoms with Gasteiger partial charge in [-0.1, -0.05) is 0 Å². The number of halogens is 2. The number of hydrogen-bond donors (Lipinski definition) is 0. The maximum atomic E-state index is 11.3. The zero-order valence-corrected chi connectivity index (χ0v) is 4.78. The van der Waals surface area contributed by atoms with Crippen molar-refractivity contribution in [3.8, 4) is 0 Å². The Kier molecular flexibility index (Phi) is 3.47. The minimum absolute atomic E-state index is 0.882. The molecule has 0 aliphatic heterocycles. The first-order valence-corrected chi connectivity index (χ1v) is 2.42. The van der Waals surface area contributed by atoms with Crippen LogP contribution in [-0.2, 0) is 0 Å². The van der Waals surface area contributed by atoms with Crippen molar-refractivity contribution in [2.75, 3.05) is 0 Å². The topological polar surface area (TPSA) is 0 Å². The summed E-state index contributed by atoms with van der Waals surface area (Å²) in [4.78, 5) is 0. The molecule has 0 saturated carbocycles. The molecule has 0 N–H and O–H groups in total. The van der Waals surface area contributed by atoms with Gasteiger partial charge in [-0.25, -0.2) is 0 Å². The first-order valence-electron chi connectivity index (χ1n) is 1.18. The summed E-state index contributed by atoms with van der Waals surface area (Å²) >= 11 is 1.62. The summed E-state index contributed by atoms with van der Waals surface area (Å²) in [5.74, 6) is 0. The van der Waals surface area contributed by atoms with E-state index in [4.69, 9.17) is 0 Å². The quantitative estimate of drug-likeness (QED) is 0.308. The Bertz CT molecular complexity index is 36.6. The van der Waals surface area contributed by atoms with Gasteiger partial charge in [0.2, 0.25) is 0 Å². The zero-order chi connectivity index (χ0) is 4.28. The molecule has 0 aliphatic rings. The molecule has 0 spiro atoms. The fourth-order valence-corrected chi connectivity index (χ4v) is 0. The second-order valence-corrected chi connectivity index (χ2v) is 1.76. The van der Waals surface area contributed by atoms with Gasteiger partial charge in [-0.2, -0.15) is 0 Å². The maximum absolute atomic E-state index is 11.3. The van der Waals surface area contributed by atoms with Crippen LogP contribution in [0.25, 0.3) is 0 Å². The summed E-state index contributed by atoms with van der Waals surface area (Å²) in [5.41, 5.74) is 0. The predicted octanol–water partition coefficient (Wildman–Crippen LogP) is 0.194. The van der Waals surface area contributed by atoms with Crippen molar-refractivity contribution in [1.29, 1.82) is 0 Å². The summed E-state index contributed by atoms with van der Waals surface area (Å²) < 4.78 is 10.4. The van der Waals surface area contributed by atoms with Gasteiger partial charge < -0.3 is 0 Å². The summed E-state index contributed by atoms with van der Waals surface area (Å²) in [6.07, 6.45) is 0. The Labute approximate surface area is 45.6 Å². The molecule has 0 heterocycles. The average Bonchev–Trinajstić information content (AvgIpc) is 1.38. The Balaban J connectivity index is 2.83. The second-order valence-electron chi connectivity index (χ2n) is 0.570. The van der Waals surface area contributed by atoms with Crippen LogP contribution in [0.5, 0.6) is 0 Å². The molecule has 0 aliphatic carbocycles. The van der Waals surface area contributed by atoms with E-state index in [0.717, 1.165) is 0 Å². The van der Waals surface area contributed by atoms with Gasteiger partial charge in [-0.3, -0.25) is 0 Å². The van der Waals surface area contributed by atoms with E-state index < -0.39 is 4.08 Å². The predicted molar refractivity (Wildman–Crippen MR) is 31.8 cm³/mol. The van der Waals surface area contributed by atoms with E-state index in [2.05, 4.69) is 7.37 Å². The van der Waals surface area contributed by atoms with E-state index in [9.17, 15) is 4.39 Å². The van der Waals surface area contributed by atoms with E-state index >= 15 is 0 Å². The van der Waals surface area contributed by atoms with Crippen LogP contribution in [0.3, 0.4) is 0 Å². The van der Waals surface area contributed by atoms with Crippen molar-refractivity contribution in [1.82, 2.24) is 0 Å². The first kappa shape index (κ1) is 5.79. The van der Waals surface area contributed by atoms with Crippen molar-refractivity contribution < 1.29 is 4.39 Å². The van der Waals surface area contributed by atoms with Crippen LogP contribution in [-0.4, -0.2) is 18.2 Å². The van der Waals surface area contributed by atoms with Crippen molar-refractivity contribution in [2.24, 2.45) is 0 Å². The van der Waals surface area contributed by atoms with E-state index in [1.54, 1.807) is 22.6 Å². The van der Waals surface area contributed by atoms with Crippen LogP contribution in [0.1, 0.15) is 0 Å². The SMILES string of the molecule is B=BC(F)I. The second kappa shape index (κ2) is 3.00. The van der Waals surface area contributed by atoms with E-state index in [-0.39, 0.29) is 0 Å². The molecule has 26 valence electrons. The van der Waals surface area contributed by atoms with Gasteiger partial charge in [0.05, 0.1) is 0 Å². The van der Waals surface area contributed by atoms with Gasteiger partial charge >= 0.3 is 45.2 Å². The molecule has 0 fully saturated rings. The molecule has 1 unspecified atom stereocenters. The van der Waals surface area contributed by atoms with Crippen molar-refractivity contribution in [3.05, 3.63) is 0 Å². The normalized spacial score (nSPS) is 13.0. The van der Waals surface area contributed by atoms with Crippen molar-refractivity contribution >= 4 is 36.8 Å². The third-order valence-electron chi connectivity index (χ3n) is 0.178. The summed E-state index contributed by atoms with van der Waals surface area (Å²) in [7, 11) is 3.18. The molecule has 0 amide bonds. The molecule has 0 saturated heterocycles. The number of rotatable bonds is 1. The molecule has 0 aromatic carbocycles. The van der Waals surface area contributed by atoms with Gasteiger partial charge in [0.15, 0.2) is 0 Å². The molecule has 4 heteroatoms. The molecule has 0 aromatic heterocycles. The standard InChI is InChI=1S/CH2B2FI/c2-3-1(4)5/h1-2H. The van der Waals surface area contributed by atoms with Crippen LogP contribution in [0.15, 0.2) is 0 Å².